The summed E-state index contributed by atoms with van der Waals surface area (Å²) in [4.78, 5) is 154. The molecule has 0 N–H and O–H groups in total. The normalized spacial score (nSPS) is 22.5. The maximum Gasteiger partial charge on any atom is 0.336 e. The number of ether oxygens (including phenoxy) is 12. The third-order valence-corrected chi connectivity index (χ3v) is 20.0. The number of hydrogen-bond acceptors (Lipinski definition) is 24. The Morgan fingerprint density at radius 3 is 0.739 bits per heavy atom. The third-order valence-electron chi connectivity index (χ3n) is 20.0. The Bertz CT molecular complexity index is 4170. The number of unbranched alkanes of at least 4 members (excludes halogenated alkanes) is 5. The van der Waals surface area contributed by atoms with Crippen LogP contribution >= 0.6 is 0 Å². The van der Waals surface area contributed by atoms with Gasteiger partial charge in [-0.25, -0.2) is 112 Å². The lowest BCUT2D eigenvalue weighted by atomic mass is 10.2. The molecular weight excluding hydrogens is 1450 g/mol. The van der Waals surface area contributed by atoms with Crippen LogP contribution in [-0.4, -0.2) is 207 Å². The first-order chi connectivity index (χ1) is 53.7. The summed E-state index contributed by atoms with van der Waals surface area (Å²) in [6.07, 6.45) is 19.2. The first-order valence-electron chi connectivity index (χ1n) is 39.7. The Morgan fingerprint density at radius 1 is 0.261 bits per heavy atom. The zero-order valence-corrected chi connectivity index (χ0v) is 64.6. The third kappa shape index (κ3) is 27.6. The molecule has 0 spiro atoms. The molecule has 12 atom stereocenters. The van der Waals surface area contributed by atoms with Crippen molar-refractivity contribution in [2.24, 2.45) is 0 Å². The molecule has 0 radical (unpaired) electrons. The van der Waals surface area contributed by atoms with E-state index in [9.17, 15) is 57.5 Å². The summed E-state index contributed by atoms with van der Waals surface area (Å²) in [5.41, 5.74) is -6.68. The molecule has 111 heavy (non-hydrogen) atoms. The van der Waals surface area contributed by atoms with Crippen molar-refractivity contribution in [1.29, 1.82) is 0 Å². The van der Waals surface area contributed by atoms with E-state index in [0.717, 1.165) is 118 Å². The number of epoxide rings is 9. The van der Waals surface area contributed by atoms with Gasteiger partial charge in [-0.05, 0) is 136 Å². The Hall–Kier alpha value is -7.62. The minimum atomic E-state index is -0.683. The molecule has 9 aliphatic heterocycles. The zero-order valence-electron chi connectivity index (χ0n) is 64.6. The lowest BCUT2D eigenvalue weighted by Crippen LogP contribution is -2.57. The highest BCUT2D eigenvalue weighted by molar-refractivity contribution is 4.88. The zero-order chi connectivity index (χ0) is 79.1. The number of allylic oxidation sites excluding steroid dienone is 3. The average Bonchev–Trinajstić information content (AvgIpc) is 1.77. The fourth-order valence-electron chi connectivity index (χ4n) is 12.5. The molecule has 0 aliphatic carbocycles. The molecule has 0 aromatic carbocycles. The van der Waals surface area contributed by atoms with Crippen LogP contribution in [-0.2, 0) is 135 Å². The molecule has 4 aromatic heterocycles. The monoisotopic (exact) mass is 1570 g/mol. The Labute approximate surface area is 640 Å². The SMILES string of the molecule is C=CCCCCn1c(=O)n(CCCCC2CO2)c(=O)n(CCCCC2CO2)c1=O.C=CCCCn1c(=O)n(CCCC2CO2)c(=O)n(CCCC2CO2)c1=O.C=CCCn1c(=O)n(CCC2CO2)c(=O)n(CCC2CO2)c1=O.CC(Cn1c(=O)n(CC(C)OCC2CO2)c(=O)n(CC(C)OCC2CO2)c1=O)OCC1CO1. The van der Waals surface area contributed by atoms with Crippen molar-refractivity contribution < 1.29 is 56.8 Å². The number of nitrogens with zero attached hydrogens (tertiary/aromatic N) is 12. The Balaban J connectivity index is 0.000000159. The van der Waals surface area contributed by atoms with Crippen LogP contribution in [0, 0.1) is 0 Å². The van der Waals surface area contributed by atoms with Gasteiger partial charge in [-0.1, -0.05) is 18.2 Å². The topological polar surface area (TPSA) is 404 Å². The maximum absolute atomic E-state index is 13.1. The minimum Gasteiger partial charge on any atom is -0.374 e. The van der Waals surface area contributed by atoms with Crippen LogP contribution in [0.25, 0.3) is 0 Å². The minimum absolute atomic E-state index is 0.0149. The van der Waals surface area contributed by atoms with Gasteiger partial charge in [-0.15, -0.1) is 19.7 Å². The summed E-state index contributed by atoms with van der Waals surface area (Å²) in [5.74, 6) is 0. The van der Waals surface area contributed by atoms with E-state index in [0.29, 0.717) is 156 Å². The second-order valence-electron chi connectivity index (χ2n) is 29.8. The number of hydrogen-bond donors (Lipinski definition) is 0. The Kier molecular flexibility index (Phi) is 32.8. The molecule has 9 aliphatic rings. The van der Waals surface area contributed by atoms with E-state index >= 15 is 0 Å². The smallest absolute Gasteiger partial charge is 0.336 e. The largest absolute Gasteiger partial charge is 0.374 e. The van der Waals surface area contributed by atoms with Crippen LogP contribution in [0.5, 0.6) is 0 Å². The molecule has 9 saturated heterocycles. The van der Waals surface area contributed by atoms with E-state index in [-0.39, 0.29) is 82.0 Å². The highest BCUT2D eigenvalue weighted by Gasteiger charge is 2.32. The quantitative estimate of drug-likeness (QED) is 0.0321. The van der Waals surface area contributed by atoms with Crippen molar-refractivity contribution in [2.75, 3.05) is 79.3 Å². The highest BCUT2D eigenvalue weighted by atomic mass is 16.6. The number of aromatic nitrogens is 12. The van der Waals surface area contributed by atoms with Gasteiger partial charge >= 0.3 is 68.3 Å². The van der Waals surface area contributed by atoms with E-state index in [1.165, 1.54) is 27.4 Å². The maximum atomic E-state index is 13.1. The average molecular weight is 1570 g/mol. The summed E-state index contributed by atoms with van der Waals surface area (Å²) < 4.78 is 77.4. The molecule has 0 amide bonds. The molecule has 13 heterocycles. The lowest BCUT2D eigenvalue weighted by molar-refractivity contribution is 0.0316. The molecule has 0 saturated carbocycles. The first kappa shape index (κ1) is 85.8. The van der Waals surface area contributed by atoms with Crippen molar-refractivity contribution in [3.63, 3.8) is 0 Å². The van der Waals surface area contributed by atoms with Crippen LogP contribution in [0.1, 0.15) is 136 Å². The van der Waals surface area contributed by atoms with Gasteiger partial charge in [0.25, 0.3) is 0 Å². The summed E-state index contributed by atoms with van der Waals surface area (Å²) >= 11 is 0. The molecule has 0 bridgehead atoms. The van der Waals surface area contributed by atoms with Gasteiger partial charge in [-0.3, -0.25) is 0 Å². The van der Waals surface area contributed by atoms with Gasteiger partial charge in [0.1, 0.15) is 18.3 Å². The predicted octanol–water partition coefficient (Wildman–Crippen LogP) is 0.0711. The standard InChI is InChI=1S/C21H33N3O9.C21H33N3O5.C18H27N3O5.C15H21N3O5/c1-13(28-7-16-10-31-16)4-22-19(25)23(5-14(2)29-8-17-11-32-17)21(27)24(20(22)26)6-15(3)30-9-18-12-33-18;1-2-3-4-7-12-22-19(25)23(13-8-5-10-17-15-28-17)21(27)24(20(22)26)14-9-6-11-18-16-29-18;1-2-3-4-9-19-16(22)20(10-5-7-14-12-25-14)18(24)21(17(19)23)11-6-8-15-13-26-15;1-2-3-6-16-13(19)17(7-4-11-9-22-11)15(21)18(14(16)20)8-5-12-10-23-12/h13-18H,4-12H2,1-3H3;2,17-18H,1,3-16H2;2,14-15H,1,3-13H2;2,11-12H,1,3-10H2. The molecule has 4 aromatic rings. The fraction of sp³-hybridized carbons (Fsp3) is 0.760. The van der Waals surface area contributed by atoms with Gasteiger partial charge in [0.2, 0.25) is 0 Å². The molecule has 36 nitrogen and oxygen atoms in total. The number of rotatable bonds is 51. The van der Waals surface area contributed by atoms with Crippen LogP contribution in [0.2, 0.25) is 0 Å². The Morgan fingerprint density at radius 2 is 0.468 bits per heavy atom. The summed E-state index contributed by atoms with van der Waals surface area (Å²) in [7, 11) is 0. The van der Waals surface area contributed by atoms with Crippen molar-refractivity contribution in [2.45, 2.75) is 288 Å². The second kappa shape index (κ2) is 42.5. The van der Waals surface area contributed by atoms with Gasteiger partial charge in [0.15, 0.2) is 0 Å². The molecule has 13 rings (SSSR count). The van der Waals surface area contributed by atoms with Gasteiger partial charge in [0, 0.05) is 58.9 Å². The van der Waals surface area contributed by atoms with E-state index in [4.69, 9.17) is 56.8 Å². The molecule has 36 heteroatoms. The first-order valence-corrected chi connectivity index (χ1v) is 39.7. The fourth-order valence-corrected chi connectivity index (χ4v) is 12.5. The van der Waals surface area contributed by atoms with Crippen LogP contribution in [0.4, 0.5) is 0 Å². The molecule has 12 unspecified atom stereocenters. The van der Waals surface area contributed by atoms with Gasteiger partial charge in [0.05, 0.1) is 154 Å². The van der Waals surface area contributed by atoms with Crippen LogP contribution in [0.15, 0.2) is 95.5 Å². The van der Waals surface area contributed by atoms with E-state index < -0.39 is 86.6 Å². The van der Waals surface area contributed by atoms with Crippen LogP contribution < -0.4 is 68.3 Å². The van der Waals surface area contributed by atoms with Crippen molar-refractivity contribution in [3.8, 4) is 0 Å². The van der Waals surface area contributed by atoms with Crippen molar-refractivity contribution >= 4 is 0 Å². The molecule has 618 valence electrons. The van der Waals surface area contributed by atoms with Gasteiger partial charge in [-0.2, -0.15) is 0 Å². The highest BCUT2D eigenvalue weighted by Crippen LogP contribution is 2.20. The van der Waals surface area contributed by atoms with E-state index in [1.54, 1.807) is 32.9 Å². The summed E-state index contributed by atoms with van der Waals surface area (Å²) in [6, 6.07) is 0. The molecular formula is C75H114N12O24. The van der Waals surface area contributed by atoms with E-state index in [1.807, 2.05) is 6.08 Å². The van der Waals surface area contributed by atoms with Crippen LogP contribution in [0.3, 0.4) is 0 Å². The molecule has 9 fully saturated rings. The lowest BCUT2D eigenvalue weighted by Gasteiger charge is -2.20. The summed E-state index contributed by atoms with van der Waals surface area (Å²) in [6.45, 7) is 26.6. The van der Waals surface area contributed by atoms with Crippen molar-refractivity contribution in [3.05, 3.63) is 164 Å². The van der Waals surface area contributed by atoms with E-state index in [2.05, 4.69) is 19.7 Å². The van der Waals surface area contributed by atoms with Gasteiger partial charge < -0.3 is 56.8 Å². The summed E-state index contributed by atoms with van der Waals surface area (Å²) in [5, 5.41) is 0. The predicted molar refractivity (Wildman–Crippen MR) is 404 cm³/mol. The second-order valence-corrected chi connectivity index (χ2v) is 29.8. The van der Waals surface area contributed by atoms with Crippen molar-refractivity contribution in [1.82, 2.24) is 54.8 Å².